The van der Waals surface area contributed by atoms with Gasteiger partial charge in [-0.1, -0.05) is 0 Å². The SMILES string of the molecule is NC(=O)c1ccc(OCc2nc(C3CC3)cs2)cc1. The van der Waals surface area contributed by atoms with Crippen LogP contribution in [0.2, 0.25) is 0 Å². The molecule has 1 amide bonds. The molecule has 0 spiro atoms. The minimum absolute atomic E-state index is 0.430. The maximum Gasteiger partial charge on any atom is 0.248 e. The zero-order valence-electron chi connectivity index (χ0n) is 10.3. The van der Waals surface area contributed by atoms with Crippen LogP contribution in [0.5, 0.6) is 5.75 Å². The third-order valence-electron chi connectivity index (χ3n) is 3.07. The quantitative estimate of drug-likeness (QED) is 0.911. The number of benzene rings is 1. The Hall–Kier alpha value is -1.88. The van der Waals surface area contributed by atoms with Gasteiger partial charge < -0.3 is 10.5 Å². The van der Waals surface area contributed by atoms with Gasteiger partial charge in [0.1, 0.15) is 17.4 Å². The van der Waals surface area contributed by atoms with Crippen molar-refractivity contribution < 1.29 is 9.53 Å². The Kier molecular flexibility index (Phi) is 3.21. The van der Waals surface area contributed by atoms with Crippen molar-refractivity contribution >= 4 is 17.2 Å². The summed E-state index contributed by atoms with van der Waals surface area (Å²) in [7, 11) is 0. The van der Waals surface area contributed by atoms with Gasteiger partial charge in [0.05, 0.1) is 5.69 Å². The number of carbonyl (C=O) groups excluding carboxylic acids is 1. The van der Waals surface area contributed by atoms with Crippen LogP contribution in [-0.4, -0.2) is 10.9 Å². The van der Waals surface area contributed by atoms with Gasteiger partial charge in [-0.15, -0.1) is 11.3 Å². The predicted octanol–water partition coefficient (Wildman–Crippen LogP) is 2.70. The highest BCUT2D eigenvalue weighted by molar-refractivity contribution is 7.09. The van der Waals surface area contributed by atoms with Crippen LogP contribution in [0.1, 0.15) is 39.8 Å². The minimum Gasteiger partial charge on any atom is -0.486 e. The highest BCUT2D eigenvalue weighted by atomic mass is 32.1. The van der Waals surface area contributed by atoms with Crippen molar-refractivity contribution in [3.63, 3.8) is 0 Å². The molecule has 2 aromatic rings. The average molecular weight is 274 g/mol. The first-order chi connectivity index (χ1) is 9.22. The number of amides is 1. The van der Waals surface area contributed by atoms with E-state index in [-0.39, 0.29) is 0 Å². The normalized spacial score (nSPS) is 14.3. The lowest BCUT2D eigenvalue weighted by Crippen LogP contribution is -2.10. The summed E-state index contributed by atoms with van der Waals surface area (Å²) >= 11 is 1.63. The fraction of sp³-hybridized carbons (Fsp3) is 0.286. The molecule has 1 heterocycles. The second-order valence-corrected chi connectivity index (χ2v) is 5.56. The number of ether oxygens (including phenoxy) is 1. The topological polar surface area (TPSA) is 65.2 Å². The lowest BCUT2D eigenvalue weighted by atomic mass is 10.2. The summed E-state index contributed by atoms with van der Waals surface area (Å²) in [6.45, 7) is 0.466. The Morgan fingerprint density at radius 3 is 2.74 bits per heavy atom. The zero-order valence-corrected chi connectivity index (χ0v) is 11.2. The molecule has 0 atom stereocenters. The fourth-order valence-electron chi connectivity index (χ4n) is 1.82. The van der Waals surface area contributed by atoms with Gasteiger partial charge in [-0.25, -0.2) is 4.98 Å². The predicted molar refractivity (Wildman–Crippen MR) is 73.4 cm³/mol. The molecule has 0 unspecified atom stereocenters. The van der Waals surface area contributed by atoms with Gasteiger partial charge >= 0.3 is 0 Å². The lowest BCUT2D eigenvalue weighted by molar-refractivity contribution is 0.100. The zero-order chi connectivity index (χ0) is 13.2. The summed E-state index contributed by atoms with van der Waals surface area (Å²) in [5.41, 5.74) is 6.86. The Morgan fingerprint density at radius 1 is 1.37 bits per heavy atom. The molecule has 98 valence electrons. The van der Waals surface area contributed by atoms with E-state index in [0.29, 0.717) is 23.8 Å². The highest BCUT2D eigenvalue weighted by Crippen LogP contribution is 2.40. The van der Waals surface area contributed by atoms with E-state index in [1.807, 2.05) is 0 Å². The molecule has 0 saturated heterocycles. The Balaban J connectivity index is 1.59. The second kappa shape index (κ2) is 5.01. The van der Waals surface area contributed by atoms with Crippen molar-refractivity contribution in [2.75, 3.05) is 0 Å². The average Bonchev–Trinajstić information content (AvgIpc) is 3.16. The molecular formula is C14H14N2O2S. The van der Waals surface area contributed by atoms with E-state index in [0.717, 1.165) is 5.01 Å². The molecule has 5 heteroatoms. The van der Waals surface area contributed by atoms with Crippen LogP contribution in [0.4, 0.5) is 0 Å². The first-order valence-electron chi connectivity index (χ1n) is 6.19. The third-order valence-corrected chi connectivity index (χ3v) is 3.91. The van der Waals surface area contributed by atoms with E-state index in [2.05, 4.69) is 10.4 Å². The number of nitrogens with two attached hydrogens (primary N) is 1. The first kappa shape index (κ1) is 12.2. The van der Waals surface area contributed by atoms with E-state index in [9.17, 15) is 4.79 Å². The lowest BCUT2D eigenvalue weighted by Gasteiger charge is -2.04. The molecule has 0 aliphatic heterocycles. The summed E-state index contributed by atoms with van der Waals surface area (Å²) < 4.78 is 5.64. The van der Waals surface area contributed by atoms with E-state index in [1.54, 1.807) is 35.6 Å². The van der Waals surface area contributed by atoms with E-state index >= 15 is 0 Å². The largest absolute Gasteiger partial charge is 0.486 e. The van der Waals surface area contributed by atoms with Crippen LogP contribution in [0.25, 0.3) is 0 Å². The number of hydrogen-bond donors (Lipinski definition) is 1. The minimum atomic E-state index is -0.430. The smallest absolute Gasteiger partial charge is 0.248 e. The number of primary amides is 1. The van der Waals surface area contributed by atoms with E-state index < -0.39 is 5.91 Å². The molecular weight excluding hydrogens is 260 g/mol. The number of aromatic nitrogens is 1. The molecule has 0 bridgehead atoms. The molecule has 0 radical (unpaired) electrons. The Labute approximate surface area is 115 Å². The van der Waals surface area contributed by atoms with Crippen molar-refractivity contribution in [3.05, 3.63) is 45.9 Å². The Morgan fingerprint density at radius 2 is 2.11 bits per heavy atom. The van der Waals surface area contributed by atoms with Gasteiger partial charge in [0.2, 0.25) is 5.91 Å². The van der Waals surface area contributed by atoms with Crippen molar-refractivity contribution in [3.8, 4) is 5.75 Å². The summed E-state index contributed by atoms with van der Waals surface area (Å²) in [5, 5.41) is 3.10. The van der Waals surface area contributed by atoms with Gasteiger partial charge in [0.25, 0.3) is 0 Å². The van der Waals surface area contributed by atoms with Gasteiger partial charge in [-0.2, -0.15) is 0 Å². The molecule has 3 rings (SSSR count). The summed E-state index contributed by atoms with van der Waals surface area (Å²) in [4.78, 5) is 15.5. The second-order valence-electron chi connectivity index (χ2n) is 4.62. The Bertz CT molecular complexity index is 588. The number of hydrogen-bond acceptors (Lipinski definition) is 4. The van der Waals surface area contributed by atoms with Gasteiger partial charge in [0.15, 0.2) is 0 Å². The number of thiazole rings is 1. The van der Waals surface area contributed by atoms with Gasteiger partial charge in [0, 0.05) is 16.9 Å². The monoisotopic (exact) mass is 274 g/mol. The molecule has 1 aromatic carbocycles. The fourth-order valence-corrected chi connectivity index (χ4v) is 2.61. The number of nitrogens with zero attached hydrogens (tertiary/aromatic N) is 1. The third kappa shape index (κ3) is 2.93. The highest BCUT2D eigenvalue weighted by Gasteiger charge is 2.25. The first-order valence-corrected chi connectivity index (χ1v) is 7.07. The van der Waals surface area contributed by atoms with Crippen molar-refractivity contribution in [2.24, 2.45) is 5.73 Å². The van der Waals surface area contributed by atoms with Crippen LogP contribution in [0.3, 0.4) is 0 Å². The van der Waals surface area contributed by atoms with Crippen LogP contribution in [-0.2, 0) is 6.61 Å². The van der Waals surface area contributed by atoms with Crippen LogP contribution < -0.4 is 10.5 Å². The molecule has 1 aliphatic rings. The molecule has 19 heavy (non-hydrogen) atoms. The van der Waals surface area contributed by atoms with Crippen molar-refractivity contribution in [1.29, 1.82) is 0 Å². The molecule has 2 N–H and O–H groups in total. The molecule has 1 aliphatic carbocycles. The maximum atomic E-state index is 10.9. The van der Waals surface area contributed by atoms with E-state index in [1.165, 1.54) is 18.5 Å². The number of carbonyl (C=O) groups is 1. The van der Waals surface area contributed by atoms with Crippen LogP contribution in [0, 0.1) is 0 Å². The van der Waals surface area contributed by atoms with Gasteiger partial charge in [-0.05, 0) is 37.1 Å². The van der Waals surface area contributed by atoms with Crippen LogP contribution in [0.15, 0.2) is 29.6 Å². The van der Waals surface area contributed by atoms with Crippen LogP contribution >= 0.6 is 11.3 Å². The van der Waals surface area contributed by atoms with E-state index in [4.69, 9.17) is 10.5 Å². The molecule has 1 aromatic heterocycles. The summed E-state index contributed by atoms with van der Waals surface area (Å²) in [5.74, 6) is 0.966. The summed E-state index contributed by atoms with van der Waals surface area (Å²) in [6, 6.07) is 6.81. The van der Waals surface area contributed by atoms with Gasteiger partial charge in [-0.3, -0.25) is 4.79 Å². The maximum absolute atomic E-state index is 10.9. The van der Waals surface area contributed by atoms with Crippen molar-refractivity contribution in [1.82, 2.24) is 4.98 Å². The number of rotatable bonds is 5. The molecule has 1 fully saturated rings. The van der Waals surface area contributed by atoms with Crippen molar-refractivity contribution in [2.45, 2.75) is 25.4 Å². The summed E-state index contributed by atoms with van der Waals surface area (Å²) in [6.07, 6.45) is 2.53. The molecule has 4 nitrogen and oxygen atoms in total. The standard InChI is InChI=1S/C14H14N2O2S/c15-14(17)10-3-5-11(6-4-10)18-7-13-16-12(8-19-13)9-1-2-9/h3-6,8-9H,1-2,7H2,(H2,15,17). The molecule has 1 saturated carbocycles.